The van der Waals surface area contributed by atoms with E-state index in [4.69, 9.17) is 0 Å². The summed E-state index contributed by atoms with van der Waals surface area (Å²) in [4.78, 5) is 16.4. The lowest BCUT2D eigenvalue weighted by molar-refractivity contribution is -0.137. The molecule has 0 bridgehead atoms. The fourth-order valence-electron chi connectivity index (χ4n) is 3.19. The van der Waals surface area contributed by atoms with Crippen LogP contribution in [0.4, 0.5) is 17.6 Å². The molecule has 0 saturated carbocycles. The molecule has 0 atom stereocenters. The Bertz CT molecular complexity index is 789. The van der Waals surface area contributed by atoms with Crippen molar-refractivity contribution in [3.05, 3.63) is 71.0 Å². The highest BCUT2D eigenvalue weighted by molar-refractivity contribution is 5.94. The number of benzene rings is 2. The van der Waals surface area contributed by atoms with Crippen LogP contribution in [0.5, 0.6) is 0 Å². The minimum atomic E-state index is -4.47. The Morgan fingerprint density at radius 3 is 2.41 bits per heavy atom. The van der Waals surface area contributed by atoms with Gasteiger partial charge in [0.1, 0.15) is 5.82 Å². The summed E-state index contributed by atoms with van der Waals surface area (Å²) in [5.74, 6) is -0.669. The first-order valence-corrected chi connectivity index (χ1v) is 8.76. The van der Waals surface area contributed by atoms with Crippen molar-refractivity contribution in [1.29, 1.82) is 0 Å². The standard InChI is InChI=1S/C20H20F4N2O/c21-18-7-5-15(6-8-18)14-25-9-2-10-26(12-11-25)19(27)16-3-1-4-17(13-16)20(22,23)24/h1,3-8,13H,2,9-12,14H2. The van der Waals surface area contributed by atoms with Crippen LogP contribution in [0.1, 0.15) is 27.9 Å². The summed E-state index contributed by atoms with van der Waals surface area (Å²) in [6, 6.07) is 10.8. The van der Waals surface area contributed by atoms with Gasteiger partial charge in [-0.3, -0.25) is 9.69 Å². The maximum atomic E-state index is 13.0. The third-order valence-electron chi connectivity index (χ3n) is 4.63. The first-order valence-electron chi connectivity index (χ1n) is 8.76. The van der Waals surface area contributed by atoms with Crippen molar-refractivity contribution in [2.45, 2.75) is 19.1 Å². The molecule has 1 fully saturated rings. The Hall–Kier alpha value is -2.41. The summed E-state index contributed by atoms with van der Waals surface area (Å²) in [5, 5.41) is 0. The number of carbonyl (C=O) groups is 1. The number of hydrogen-bond donors (Lipinski definition) is 0. The Balaban J connectivity index is 1.63. The molecule has 1 heterocycles. The van der Waals surface area contributed by atoms with Crippen LogP contribution in [0.2, 0.25) is 0 Å². The van der Waals surface area contributed by atoms with Gasteiger partial charge in [0.05, 0.1) is 5.56 Å². The van der Waals surface area contributed by atoms with Crippen molar-refractivity contribution < 1.29 is 22.4 Å². The molecule has 3 rings (SSSR count). The monoisotopic (exact) mass is 380 g/mol. The molecule has 1 aliphatic heterocycles. The van der Waals surface area contributed by atoms with E-state index in [0.29, 0.717) is 26.2 Å². The van der Waals surface area contributed by atoms with E-state index in [1.165, 1.54) is 24.3 Å². The Morgan fingerprint density at radius 1 is 0.963 bits per heavy atom. The van der Waals surface area contributed by atoms with Gasteiger partial charge in [-0.25, -0.2) is 4.39 Å². The molecule has 2 aromatic rings. The van der Waals surface area contributed by atoms with E-state index in [1.807, 2.05) is 0 Å². The largest absolute Gasteiger partial charge is 0.416 e. The number of hydrogen-bond acceptors (Lipinski definition) is 2. The van der Waals surface area contributed by atoms with Crippen molar-refractivity contribution in [2.75, 3.05) is 26.2 Å². The van der Waals surface area contributed by atoms with Crippen molar-refractivity contribution >= 4 is 5.91 Å². The number of nitrogens with zero attached hydrogens (tertiary/aromatic N) is 2. The van der Waals surface area contributed by atoms with Crippen molar-refractivity contribution in [1.82, 2.24) is 9.80 Å². The van der Waals surface area contributed by atoms with E-state index in [0.717, 1.165) is 30.7 Å². The normalized spacial score (nSPS) is 16.2. The van der Waals surface area contributed by atoms with Crippen LogP contribution in [-0.4, -0.2) is 41.9 Å². The SMILES string of the molecule is O=C(c1cccc(C(F)(F)F)c1)N1CCCN(Cc2ccc(F)cc2)CC1. The van der Waals surface area contributed by atoms with Crippen LogP contribution in [0, 0.1) is 5.82 Å². The van der Waals surface area contributed by atoms with Gasteiger partial charge in [-0.15, -0.1) is 0 Å². The molecular formula is C20H20F4N2O. The lowest BCUT2D eigenvalue weighted by atomic mass is 10.1. The van der Waals surface area contributed by atoms with Gasteiger partial charge in [0, 0.05) is 38.3 Å². The predicted molar refractivity (Wildman–Crippen MR) is 93.6 cm³/mol. The fourth-order valence-corrected chi connectivity index (χ4v) is 3.19. The van der Waals surface area contributed by atoms with Gasteiger partial charge < -0.3 is 4.90 Å². The number of amides is 1. The highest BCUT2D eigenvalue weighted by Gasteiger charge is 2.31. The first kappa shape index (κ1) is 19.4. The van der Waals surface area contributed by atoms with Crippen LogP contribution >= 0.6 is 0 Å². The maximum absolute atomic E-state index is 13.0. The smallest absolute Gasteiger partial charge is 0.337 e. The highest BCUT2D eigenvalue weighted by Crippen LogP contribution is 2.29. The average Bonchev–Trinajstić information content (AvgIpc) is 2.88. The summed E-state index contributed by atoms with van der Waals surface area (Å²) in [7, 11) is 0. The summed E-state index contributed by atoms with van der Waals surface area (Å²) in [6.45, 7) is 2.96. The second-order valence-corrected chi connectivity index (χ2v) is 6.63. The molecule has 1 aliphatic rings. The molecule has 0 spiro atoms. The molecule has 1 saturated heterocycles. The average molecular weight is 380 g/mol. The highest BCUT2D eigenvalue weighted by atomic mass is 19.4. The Kier molecular flexibility index (Phi) is 5.79. The zero-order valence-electron chi connectivity index (χ0n) is 14.7. The van der Waals surface area contributed by atoms with Crippen LogP contribution in [0.25, 0.3) is 0 Å². The molecule has 7 heteroatoms. The van der Waals surface area contributed by atoms with E-state index >= 15 is 0 Å². The van der Waals surface area contributed by atoms with Crippen molar-refractivity contribution in [3.63, 3.8) is 0 Å². The number of halogens is 4. The minimum Gasteiger partial charge on any atom is -0.337 e. The van der Waals surface area contributed by atoms with Crippen molar-refractivity contribution in [3.8, 4) is 0 Å². The predicted octanol–water partition coefficient (Wildman–Crippen LogP) is 4.19. The van der Waals surface area contributed by atoms with Crippen LogP contribution in [0.3, 0.4) is 0 Å². The van der Waals surface area contributed by atoms with Gasteiger partial charge in [0.2, 0.25) is 0 Å². The molecule has 0 N–H and O–H groups in total. The van der Waals surface area contributed by atoms with E-state index in [2.05, 4.69) is 4.90 Å². The topological polar surface area (TPSA) is 23.6 Å². The van der Waals surface area contributed by atoms with Gasteiger partial charge in [-0.2, -0.15) is 13.2 Å². The van der Waals surface area contributed by atoms with Crippen molar-refractivity contribution in [2.24, 2.45) is 0 Å². The molecule has 3 nitrogen and oxygen atoms in total. The maximum Gasteiger partial charge on any atom is 0.416 e. The number of alkyl halides is 3. The van der Waals surface area contributed by atoms with Gasteiger partial charge in [0.25, 0.3) is 5.91 Å². The Labute approximate surface area is 155 Å². The van der Waals surface area contributed by atoms with E-state index in [9.17, 15) is 22.4 Å². The summed E-state index contributed by atoms with van der Waals surface area (Å²) in [5.41, 5.74) is 0.215. The lowest BCUT2D eigenvalue weighted by Crippen LogP contribution is -2.35. The van der Waals surface area contributed by atoms with Gasteiger partial charge in [-0.1, -0.05) is 18.2 Å². The molecule has 2 aromatic carbocycles. The van der Waals surface area contributed by atoms with Gasteiger partial charge in [0.15, 0.2) is 0 Å². The lowest BCUT2D eigenvalue weighted by Gasteiger charge is -2.22. The molecule has 0 unspecified atom stereocenters. The summed E-state index contributed by atoms with van der Waals surface area (Å²) >= 11 is 0. The molecular weight excluding hydrogens is 360 g/mol. The third-order valence-corrected chi connectivity index (χ3v) is 4.63. The van der Waals surface area contributed by atoms with E-state index in [-0.39, 0.29) is 17.3 Å². The van der Waals surface area contributed by atoms with E-state index < -0.39 is 11.7 Å². The quantitative estimate of drug-likeness (QED) is 0.746. The number of rotatable bonds is 3. The van der Waals surface area contributed by atoms with Crippen LogP contribution in [0.15, 0.2) is 48.5 Å². The third kappa shape index (κ3) is 5.07. The summed E-state index contributed by atoms with van der Waals surface area (Å²) in [6.07, 6.45) is -3.74. The zero-order valence-corrected chi connectivity index (χ0v) is 14.7. The molecule has 0 aliphatic carbocycles. The molecule has 1 amide bonds. The Morgan fingerprint density at radius 2 is 1.70 bits per heavy atom. The van der Waals surface area contributed by atoms with Gasteiger partial charge in [-0.05, 0) is 42.3 Å². The van der Waals surface area contributed by atoms with Crippen LogP contribution in [-0.2, 0) is 12.7 Å². The van der Waals surface area contributed by atoms with E-state index in [1.54, 1.807) is 17.0 Å². The second kappa shape index (κ2) is 8.08. The minimum absolute atomic E-state index is 0.0526. The molecule has 144 valence electrons. The first-order chi connectivity index (χ1) is 12.8. The molecule has 0 aromatic heterocycles. The number of carbonyl (C=O) groups excluding carboxylic acids is 1. The molecule has 27 heavy (non-hydrogen) atoms. The fraction of sp³-hybridized carbons (Fsp3) is 0.350. The summed E-state index contributed by atoms with van der Waals surface area (Å²) < 4.78 is 51.6. The molecule has 0 radical (unpaired) electrons. The zero-order chi connectivity index (χ0) is 19.4. The second-order valence-electron chi connectivity index (χ2n) is 6.63. The van der Waals surface area contributed by atoms with Crippen LogP contribution < -0.4 is 0 Å². The van der Waals surface area contributed by atoms with Gasteiger partial charge >= 0.3 is 6.18 Å².